The maximum absolute atomic E-state index is 10.3. The molecule has 15 heavy (non-hydrogen) atoms. The SMILES string of the molecule is NC(=O)NN=C[C@@H](N)Cc1ccccc1. The minimum Gasteiger partial charge on any atom is -0.350 e. The highest BCUT2D eigenvalue weighted by molar-refractivity contribution is 5.73. The number of nitrogens with two attached hydrogens (primary N) is 2. The average molecular weight is 206 g/mol. The molecule has 0 saturated carbocycles. The monoisotopic (exact) mass is 206 g/mol. The Labute approximate surface area is 88.1 Å². The first-order valence-electron chi connectivity index (χ1n) is 4.56. The minimum absolute atomic E-state index is 0.237. The molecule has 1 aromatic rings. The van der Waals surface area contributed by atoms with E-state index < -0.39 is 6.03 Å². The lowest BCUT2D eigenvalue weighted by atomic mass is 10.1. The van der Waals surface area contributed by atoms with Gasteiger partial charge in [0.25, 0.3) is 0 Å². The summed E-state index contributed by atoms with van der Waals surface area (Å²) < 4.78 is 0. The zero-order chi connectivity index (χ0) is 11.1. The van der Waals surface area contributed by atoms with Crippen molar-refractivity contribution in [3.05, 3.63) is 35.9 Å². The van der Waals surface area contributed by atoms with Crippen molar-refractivity contribution < 1.29 is 4.79 Å². The molecule has 0 aliphatic carbocycles. The molecular weight excluding hydrogens is 192 g/mol. The quantitative estimate of drug-likeness (QED) is 0.485. The van der Waals surface area contributed by atoms with Crippen LogP contribution in [0.15, 0.2) is 35.4 Å². The van der Waals surface area contributed by atoms with Gasteiger partial charge in [-0.2, -0.15) is 5.10 Å². The highest BCUT2D eigenvalue weighted by atomic mass is 16.2. The van der Waals surface area contributed by atoms with Gasteiger partial charge in [0.2, 0.25) is 0 Å². The molecule has 5 nitrogen and oxygen atoms in total. The van der Waals surface area contributed by atoms with Gasteiger partial charge in [-0.15, -0.1) is 0 Å². The number of rotatable bonds is 4. The summed E-state index contributed by atoms with van der Waals surface area (Å²) in [5, 5.41) is 3.59. The molecule has 0 bridgehead atoms. The van der Waals surface area contributed by atoms with E-state index in [1.54, 1.807) is 0 Å². The fourth-order valence-corrected chi connectivity index (χ4v) is 1.14. The number of hydrogen-bond acceptors (Lipinski definition) is 3. The van der Waals surface area contributed by atoms with Crippen molar-refractivity contribution in [1.29, 1.82) is 0 Å². The number of nitrogens with one attached hydrogen (secondary N) is 1. The fourth-order valence-electron chi connectivity index (χ4n) is 1.14. The molecule has 80 valence electrons. The normalized spacial score (nSPS) is 12.6. The molecule has 0 unspecified atom stereocenters. The summed E-state index contributed by atoms with van der Waals surface area (Å²) in [4.78, 5) is 10.3. The Morgan fingerprint density at radius 1 is 1.47 bits per heavy atom. The number of hydrazone groups is 1. The van der Waals surface area contributed by atoms with Crippen molar-refractivity contribution in [3.8, 4) is 0 Å². The van der Waals surface area contributed by atoms with Gasteiger partial charge in [-0.1, -0.05) is 30.3 Å². The number of nitrogens with zero attached hydrogens (tertiary/aromatic N) is 1. The summed E-state index contributed by atoms with van der Waals surface area (Å²) >= 11 is 0. The number of carbonyl (C=O) groups is 1. The van der Waals surface area contributed by atoms with Crippen molar-refractivity contribution in [2.45, 2.75) is 12.5 Å². The van der Waals surface area contributed by atoms with Crippen LogP contribution in [0.1, 0.15) is 5.56 Å². The summed E-state index contributed by atoms with van der Waals surface area (Å²) in [6.07, 6.45) is 2.13. The smallest absolute Gasteiger partial charge is 0.332 e. The Kier molecular flexibility index (Phi) is 4.30. The van der Waals surface area contributed by atoms with Gasteiger partial charge in [0, 0.05) is 12.3 Å². The molecule has 0 aliphatic heterocycles. The molecule has 1 aromatic carbocycles. The van der Waals surface area contributed by atoms with Gasteiger partial charge in [-0.25, -0.2) is 10.2 Å². The highest BCUT2D eigenvalue weighted by Gasteiger charge is 1.99. The first-order valence-corrected chi connectivity index (χ1v) is 4.56. The molecule has 1 rings (SSSR count). The van der Waals surface area contributed by atoms with E-state index in [-0.39, 0.29) is 6.04 Å². The molecule has 0 spiro atoms. The molecular formula is C10H14N4O. The van der Waals surface area contributed by atoms with Gasteiger partial charge in [-0.3, -0.25) is 0 Å². The molecule has 0 heterocycles. The Balaban J connectivity index is 2.39. The maximum atomic E-state index is 10.3. The zero-order valence-corrected chi connectivity index (χ0v) is 8.26. The second-order valence-corrected chi connectivity index (χ2v) is 3.11. The fraction of sp³-hybridized carbons (Fsp3) is 0.200. The lowest BCUT2D eigenvalue weighted by Gasteiger charge is -2.05. The van der Waals surface area contributed by atoms with Gasteiger partial charge in [0.15, 0.2) is 0 Å². The standard InChI is InChI=1S/C10H14N4O/c11-9(7-13-14-10(12)15)6-8-4-2-1-3-5-8/h1-5,7,9H,6,11H2,(H3,12,14,15)/t9-/m0/s1. The lowest BCUT2D eigenvalue weighted by molar-refractivity contribution is 0.249. The van der Waals surface area contributed by atoms with Crippen LogP contribution in [0.2, 0.25) is 0 Å². The molecule has 5 heteroatoms. The Morgan fingerprint density at radius 2 is 2.13 bits per heavy atom. The predicted molar refractivity (Wildman–Crippen MR) is 59.3 cm³/mol. The Morgan fingerprint density at radius 3 is 2.73 bits per heavy atom. The van der Waals surface area contributed by atoms with Gasteiger partial charge in [-0.05, 0) is 12.0 Å². The minimum atomic E-state index is -0.696. The second-order valence-electron chi connectivity index (χ2n) is 3.11. The predicted octanol–water partition coefficient (Wildman–Crippen LogP) is 0.211. The number of carbonyl (C=O) groups excluding carboxylic acids is 1. The number of hydrogen-bond donors (Lipinski definition) is 3. The van der Waals surface area contributed by atoms with Crippen LogP contribution in [-0.4, -0.2) is 18.3 Å². The van der Waals surface area contributed by atoms with Crippen LogP contribution in [0, 0.1) is 0 Å². The summed E-state index contributed by atoms with van der Waals surface area (Å²) in [6.45, 7) is 0. The van der Waals surface area contributed by atoms with Gasteiger partial charge < -0.3 is 11.5 Å². The van der Waals surface area contributed by atoms with Gasteiger partial charge in [0.1, 0.15) is 0 Å². The number of primary amides is 1. The van der Waals surface area contributed by atoms with Crippen LogP contribution in [-0.2, 0) is 6.42 Å². The molecule has 0 aromatic heterocycles. The van der Waals surface area contributed by atoms with E-state index >= 15 is 0 Å². The molecule has 5 N–H and O–H groups in total. The van der Waals surface area contributed by atoms with Gasteiger partial charge >= 0.3 is 6.03 Å². The molecule has 0 aliphatic rings. The van der Waals surface area contributed by atoms with E-state index in [1.165, 1.54) is 6.21 Å². The van der Waals surface area contributed by atoms with Crippen molar-refractivity contribution in [1.82, 2.24) is 5.43 Å². The van der Waals surface area contributed by atoms with Crippen LogP contribution in [0.5, 0.6) is 0 Å². The second kappa shape index (κ2) is 5.77. The molecule has 0 fully saturated rings. The van der Waals surface area contributed by atoms with Crippen molar-refractivity contribution in [3.63, 3.8) is 0 Å². The van der Waals surface area contributed by atoms with Crippen molar-refractivity contribution in [2.75, 3.05) is 0 Å². The van der Waals surface area contributed by atoms with E-state index in [0.29, 0.717) is 6.42 Å². The first-order chi connectivity index (χ1) is 7.18. The lowest BCUT2D eigenvalue weighted by Crippen LogP contribution is -2.29. The highest BCUT2D eigenvalue weighted by Crippen LogP contribution is 2.00. The van der Waals surface area contributed by atoms with Crippen molar-refractivity contribution in [2.24, 2.45) is 16.6 Å². The van der Waals surface area contributed by atoms with Crippen molar-refractivity contribution >= 4 is 12.2 Å². The molecule has 0 saturated heterocycles. The molecule has 2 amide bonds. The van der Waals surface area contributed by atoms with Crippen LogP contribution in [0.3, 0.4) is 0 Å². The third kappa shape index (κ3) is 4.78. The number of urea groups is 1. The number of benzene rings is 1. The molecule has 0 radical (unpaired) electrons. The van der Waals surface area contributed by atoms with Crippen LogP contribution in [0.4, 0.5) is 4.79 Å². The maximum Gasteiger partial charge on any atom is 0.332 e. The summed E-state index contributed by atoms with van der Waals surface area (Å²) in [6, 6.07) is 8.86. The molecule has 1 atom stereocenters. The third-order valence-corrected chi connectivity index (χ3v) is 1.75. The number of amides is 2. The third-order valence-electron chi connectivity index (χ3n) is 1.75. The van der Waals surface area contributed by atoms with Gasteiger partial charge in [0.05, 0.1) is 0 Å². The Hall–Kier alpha value is -1.88. The largest absolute Gasteiger partial charge is 0.350 e. The topological polar surface area (TPSA) is 93.5 Å². The van der Waals surface area contributed by atoms with Crippen LogP contribution < -0.4 is 16.9 Å². The summed E-state index contributed by atoms with van der Waals surface area (Å²) in [7, 11) is 0. The Bertz CT molecular complexity index is 337. The van der Waals surface area contributed by atoms with E-state index in [4.69, 9.17) is 11.5 Å². The first kappa shape index (κ1) is 11.2. The van der Waals surface area contributed by atoms with E-state index in [1.807, 2.05) is 30.3 Å². The van der Waals surface area contributed by atoms with E-state index in [9.17, 15) is 4.79 Å². The summed E-state index contributed by atoms with van der Waals surface area (Å²) in [5.74, 6) is 0. The van der Waals surface area contributed by atoms with E-state index in [2.05, 4.69) is 10.5 Å². The van der Waals surface area contributed by atoms with Crippen LogP contribution >= 0.6 is 0 Å². The van der Waals surface area contributed by atoms with E-state index in [0.717, 1.165) is 5.56 Å². The average Bonchev–Trinajstić information content (AvgIpc) is 2.18. The van der Waals surface area contributed by atoms with Crippen LogP contribution in [0.25, 0.3) is 0 Å². The zero-order valence-electron chi connectivity index (χ0n) is 8.26. The summed E-state index contributed by atoms with van der Waals surface area (Å²) in [5.41, 5.74) is 13.8.